The maximum atomic E-state index is 11.1. The second-order valence-electron chi connectivity index (χ2n) is 2.83. The van der Waals surface area contributed by atoms with E-state index in [9.17, 15) is 4.79 Å². The quantitative estimate of drug-likeness (QED) is 0.512. The third-order valence-corrected chi connectivity index (χ3v) is 1.73. The molecule has 0 fully saturated rings. The van der Waals surface area contributed by atoms with Crippen LogP contribution in [0.4, 0.5) is 0 Å². The Hall–Kier alpha value is -0.0300. The van der Waals surface area contributed by atoms with Crippen molar-refractivity contribution in [1.29, 1.82) is 0 Å². The lowest BCUT2D eigenvalue weighted by Gasteiger charge is -2.12. The third-order valence-electron chi connectivity index (χ3n) is 1.39. The SMILES string of the molecule is CC(Cl)(Cl)C(=O)NCCCOCCO. The molecule has 0 aromatic rings. The molecule has 0 spiro atoms. The van der Waals surface area contributed by atoms with Gasteiger partial charge in [-0.25, -0.2) is 0 Å². The molecule has 0 aliphatic carbocycles. The number of hydrogen-bond acceptors (Lipinski definition) is 3. The van der Waals surface area contributed by atoms with E-state index in [2.05, 4.69) is 5.32 Å². The molecule has 84 valence electrons. The molecule has 0 rings (SSSR count). The average Bonchev–Trinajstić information content (AvgIpc) is 2.09. The van der Waals surface area contributed by atoms with Crippen LogP contribution >= 0.6 is 23.2 Å². The van der Waals surface area contributed by atoms with Gasteiger partial charge in [0.1, 0.15) is 0 Å². The van der Waals surface area contributed by atoms with Gasteiger partial charge in [-0.2, -0.15) is 0 Å². The van der Waals surface area contributed by atoms with Crippen molar-refractivity contribution < 1.29 is 14.6 Å². The molecule has 0 atom stereocenters. The van der Waals surface area contributed by atoms with E-state index in [1.807, 2.05) is 0 Å². The predicted octanol–water partition coefficient (Wildman–Crippen LogP) is 0.695. The van der Waals surface area contributed by atoms with Crippen molar-refractivity contribution in [1.82, 2.24) is 5.32 Å². The van der Waals surface area contributed by atoms with Crippen LogP contribution in [0.1, 0.15) is 13.3 Å². The average molecular weight is 244 g/mol. The standard InChI is InChI=1S/C8H15Cl2NO3/c1-8(9,10)7(13)11-3-2-5-14-6-4-12/h12H,2-6H2,1H3,(H,11,13). The predicted molar refractivity (Wildman–Crippen MR) is 55.6 cm³/mol. The van der Waals surface area contributed by atoms with Crippen molar-refractivity contribution >= 4 is 29.1 Å². The van der Waals surface area contributed by atoms with Crippen molar-refractivity contribution in [2.45, 2.75) is 17.7 Å². The highest BCUT2D eigenvalue weighted by molar-refractivity contribution is 6.57. The van der Waals surface area contributed by atoms with E-state index in [1.165, 1.54) is 6.92 Å². The van der Waals surface area contributed by atoms with Crippen molar-refractivity contribution in [3.05, 3.63) is 0 Å². The van der Waals surface area contributed by atoms with Crippen LogP contribution in [0.3, 0.4) is 0 Å². The highest BCUT2D eigenvalue weighted by atomic mass is 35.5. The fourth-order valence-corrected chi connectivity index (χ4v) is 0.832. The molecule has 6 heteroatoms. The molecule has 0 bridgehead atoms. The van der Waals surface area contributed by atoms with Crippen LogP contribution in [0.5, 0.6) is 0 Å². The lowest BCUT2D eigenvalue weighted by Crippen LogP contribution is -2.36. The van der Waals surface area contributed by atoms with Crippen LogP contribution in [0.2, 0.25) is 0 Å². The van der Waals surface area contributed by atoms with Gasteiger partial charge in [0.2, 0.25) is 0 Å². The summed E-state index contributed by atoms with van der Waals surface area (Å²) in [6.45, 7) is 2.68. The maximum Gasteiger partial charge on any atom is 0.256 e. The van der Waals surface area contributed by atoms with Gasteiger partial charge in [-0.05, 0) is 13.3 Å². The summed E-state index contributed by atoms with van der Waals surface area (Å²) in [6.07, 6.45) is 0.662. The molecule has 0 aromatic carbocycles. The molecular formula is C8H15Cl2NO3. The van der Waals surface area contributed by atoms with Crippen LogP contribution < -0.4 is 5.32 Å². The van der Waals surface area contributed by atoms with E-state index < -0.39 is 10.2 Å². The van der Waals surface area contributed by atoms with E-state index in [4.69, 9.17) is 33.0 Å². The molecule has 0 aliphatic rings. The first-order valence-corrected chi connectivity index (χ1v) is 5.09. The second kappa shape index (κ2) is 7.29. The van der Waals surface area contributed by atoms with Gasteiger partial charge in [-0.3, -0.25) is 4.79 Å². The minimum atomic E-state index is -1.38. The maximum absolute atomic E-state index is 11.1. The number of ether oxygens (including phenoxy) is 1. The van der Waals surface area contributed by atoms with E-state index in [0.717, 1.165) is 0 Å². The third kappa shape index (κ3) is 7.38. The van der Waals surface area contributed by atoms with Crippen LogP contribution in [-0.4, -0.2) is 41.7 Å². The van der Waals surface area contributed by atoms with E-state index >= 15 is 0 Å². The number of aliphatic hydroxyl groups is 1. The number of aliphatic hydroxyl groups excluding tert-OH is 1. The van der Waals surface area contributed by atoms with Crippen molar-refractivity contribution in [3.63, 3.8) is 0 Å². The topological polar surface area (TPSA) is 58.6 Å². The Morgan fingerprint density at radius 2 is 2.14 bits per heavy atom. The molecule has 0 saturated carbocycles. The zero-order chi connectivity index (χ0) is 11.0. The lowest BCUT2D eigenvalue weighted by molar-refractivity contribution is -0.121. The Kier molecular flexibility index (Phi) is 7.27. The monoisotopic (exact) mass is 243 g/mol. The fraction of sp³-hybridized carbons (Fsp3) is 0.875. The second-order valence-corrected chi connectivity index (χ2v) is 4.54. The first-order valence-electron chi connectivity index (χ1n) is 4.33. The minimum absolute atomic E-state index is 0.00773. The van der Waals surface area contributed by atoms with Crippen LogP contribution in [0, 0.1) is 0 Å². The summed E-state index contributed by atoms with van der Waals surface area (Å²) in [5, 5.41) is 10.9. The van der Waals surface area contributed by atoms with Gasteiger partial charge in [0.05, 0.1) is 13.2 Å². The summed E-state index contributed by atoms with van der Waals surface area (Å²) >= 11 is 11.1. The van der Waals surface area contributed by atoms with E-state index in [-0.39, 0.29) is 6.61 Å². The first kappa shape index (κ1) is 14.0. The van der Waals surface area contributed by atoms with Crippen LogP contribution in [0.15, 0.2) is 0 Å². The number of hydrogen-bond donors (Lipinski definition) is 2. The van der Waals surface area contributed by atoms with E-state index in [1.54, 1.807) is 0 Å². The fourth-order valence-electron chi connectivity index (χ4n) is 0.698. The lowest BCUT2D eigenvalue weighted by atomic mass is 10.4. The summed E-state index contributed by atoms with van der Waals surface area (Å²) in [5.41, 5.74) is 0. The van der Waals surface area contributed by atoms with Crippen molar-refractivity contribution in [3.8, 4) is 0 Å². The molecule has 2 N–H and O–H groups in total. The first-order chi connectivity index (χ1) is 6.48. The van der Waals surface area contributed by atoms with Gasteiger partial charge in [-0.15, -0.1) is 0 Å². The zero-order valence-corrected chi connectivity index (χ0v) is 9.57. The summed E-state index contributed by atoms with van der Waals surface area (Å²) < 4.78 is 3.60. The Labute approximate surface area is 93.5 Å². The van der Waals surface area contributed by atoms with Gasteiger partial charge >= 0.3 is 0 Å². The molecule has 1 amide bonds. The molecule has 0 radical (unpaired) electrons. The van der Waals surface area contributed by atoms with Gasteiger partial charge in [0.15, 0.2) is 4.33 Å². The Bertz CT molecular complexity index is 170. The summed E-state index contributed by atoms with van der Waals surface area (Å²) in [5.74, 6) is -0.414. The summed E-state index contributed by atoms with van der Waals surface area (Å²) in [4.78, 5) is 11.1. The molecule has 0 heterocycles. The molecule has 0 unspecified atom stereocenters. The van der Waals surface area contributed by atoms with Gasteiger partial charge < -0.3 is 15.2 Å². The molecule has 14 heavy (non-hydrogen) atoms. The Morgan fingerprint density at radius 1 is 1.50 bits per heavy atom. The van der Waals surface area contributed by atoms with Gasteiger partial charge in [0.25, 0.3) is 5.91 Å². The normalized spacial score (nSPS) is 11.4. The molecule has 0 aliphatic heterocycles. The smallest absolute Gasteiger partial charge is 0.256 e. The van der Waals surface area contributed by atoms with Gasteiger partial charge in [0, 0.05) is 13.2 Å². The number of halogens is 2. The number of carbonyl (C=O) groups is 1. The molecule has 0 aromatic heterocycles. The highest BCUT2D eigenvalue weighted by Crippen LogP contribution is 2.18. The molecule has 0 saturated heterocycles. The molecular weight excluding hydrogens is 229 g/mol. The van der Waals surface area contributed by atoms with Crippen LogP contribution in [0.25, 0.3) is 0 Å². The summed E-state index contributed by atoms with van der Waals surface area (Å²) in [7, 11) is 0. The summed E-state index contributed by atoms with van der Waals surface area (Å²) in [6, 6.07) is 0. The number of alkyl halides is 2. The van der Waals surface area contributed by atoms with Gasteiger partial charge in [-0.1, -0.05) is 23.2 Å². The minimum Gasteiger partial charge on any atom is -0.394 e. The Balaban J connectivity index is 3.33. The largest absolute Gasteiger partial charge is 0.394 e. The van der Waals surface area contributed by atoms with E-state index in [0.29, 0.717) is 26.2 Å². The number of nitrogens with one attached hydrogen (secondary N) is 1. The zero-order valence-electron chi connectivity index (χ0n) is 8.06. The number of rotatable bonds is 7. The molecule has 4 nitrogen and oxygen atoms in total. The van der Waals surface area contributed by atoms with Crippen molar-refractivity contribution in [2.75, 3.05) is 26.4 Å². The number of carbonyl (C=O) groups excluding carboxylic acids is 1. The van der Waals surface area contributed by atoms with Crippen molar-refractivity contribution in [2.24, 2.45) is 0 Å². The highest BCUT2D eigenvalue weighted by Gasteiger charge is 2.26. The number of amides is 1. The van der Waals surface area contributed by atoms with Crippen LogP contribution in [-0.2, 0) is 9.53 Å². The Morgan fingerprint density at radius 3 is 2.64 bits per heavy atom.